The zero-order valence-corrected chi connectivity index (χ0v) is 20.3. The van der Waals surface area contributed by atoms with Crippen LogP contribution in [0, 0.1) is 18.3 Å². The average molecular weight is 508 g/mol. The minimum absolute atomic E-state index is 0.0220. The van der Waals surface area contributed by atoms with Gasteiger partial charge in [0.15, 0.2) is 5.17 Å². The van der Waals surface area contributed by atoms with Crippen LogP contribution in [0.3, 0.4) is 0 Å². The van der Waals surface area contributed by atoms with E-state index >= 15 is 4.39 Å². The number of morpholine rings is 1. The third kappa shape index (κ3) is 3.61. The average Bonchev–Trinajstić information content (AvgIpc) is 3.79. The van der Waals surface area contributed by atoms with Crippen LogP contribution >= 0.6 is 11.8 Å². The van der Waals surface area contributed by atoms with Crippen LogP contribution in [0.15, 0.2) is 41.5 Å². The molecule has 0 radical (unpaired) electrons. The molecule has 1 aromatic carbocycles. The molecule has 2 aromatic rings. The number of carbonyl (C=O) groups is 1. The van der Waals surface area contributed by atoms with Gasteiger partial charge < -0.3 is 15.4 Å². The summed E-state index contributed by atoms with van der Waals surface area (Å²) in [6.45, 7) is 9.85. The monoisotopic (exact) mass is 507 g/mol. The molecule has 2 N–H and O–H groups in total. The Labute approximate surface area is 211 Å². The Kier molecular flexibility index (Phi) is 5.21. The minimum Gasteiger partial charge on any atom is -0.378 e. The zero-order valence-electron chi connectivity index (χ0n) is 19.4. The lowest BCUT2D eigenvalue weighted by Gasteiger charge is -2.37. The van der Waals surface area contributed by atoms with E-state index in [1.54, 1.807) is 13.0 Å². The van der Waals surface area contributed by atoms with E-state index in [1.807, 2.05) is 4.90 Å². The Morgan fingerprint density at radius 2 is 2.22 bits per heavy atom. The van der Waals surface area contributed by atoms with Gasteiger partial charge in [0.2, 0.25) is 11.6 Å². The quantitative estimate of drug-likeness (QED) is 0.625. The van der Waals surface area contributed by atoms with Crippen LogP contribution in [0.5, 0.6) is 0 Å². The molecule has 184 valence electrons. The number of aromatic nitrogens is 1. The highest BCUT2D eigenvalue weighted by molar-refractivity contribution is 8.15. The maximum atomic E-state index is 15.2. The second-order valence-electron chi connectivity index (χ2n) is 9.80. The molecule has 4 aliphatic rings. The van der Waals surface area contributed by atoms with Gasteiger partial charge in [0, 0.05) is 24.2 Å². The van der Waals surface area contributed by atoms with Crippen molar-refractivity contribution in [2.45, 2.75) is 42.2 Å². The molecule has 7 nitrogen and oxygen atoms in total. The minimum atomic E-state index is -1.07. The third-order valence-electron chi connectivity index (χ3n) is 7.56. The molecule has 3 heterocycles. The van der Waals surface area contributed by atoms with Gasteiger partial charge in [0.25, 0.3) is 0 Å². The SMILES string of the molecule is [C-]#[N+]c1ccc(/C(F)=C/c2ccc(F)c([C@@]3(C)N=C(N)S[C@@]4(C(=O)N5CCO[C@@H]6C[C@@H]65)C[C@H]43)c2)nc1. The van der Waals surface area contributed by atoms with Crippen LogP contribution < -0.4 is 5.73 Å². The number of fused-ring (bicyclic) bond motifs is 2. The molecule has 6 rings (SSSR count). The standard InChI is InChI=1S/C26H23F2N5O2S/c1-25(16-9-14(3-5-17(16)27)10-18(28)19-6-4-15(30-2)13-31-19)22-12-26(22,36-24(29)32-25)23(34)33-7-8-35-21-11-20(21)33/h3-6,9-10,13,20-22H,7-8,11-12H2,1H3,(H2,29,32)/b18-10-/t20-,21+,22-,25+,26-/m0/s1. The van der Waals surface area contributed by atoms with E-state index in [1.165, 1.54) is 48.3 Å². The molecule has 5 atom stereocenters. The summed E-state index contributed by atoms with van der Waals surface area (Å²) in [5.41, 5.74) is 6.25. The fourth-order valence-electron chi connectivity index (χ4n) is 5.52. The molecule has 2 aliphatic heterocycles. The van der Waals surface area contributed by atoms with Gasteiger partial charge in [-0.15, -0.1) is 0 Å². The van der Waals surface area contributed by atoms with Crippen LogP contribution in [-0.4, -0.2) is 51.0 Å². The number of carbonyl (C=O) groups excluding carboxylic acids is 1. The molecule has 1 saturated heterocycles. The number of pyridine rings is 1. The molecule has 10 heteroatoms. The summed E-state index contributed by atoms with van der Waals surface area (Å²) in [6.07, 6.45) is 4.07. The Morgan fingerprint density at radius 1 is 1.39 bits per heavy atom. The fourth-order valence-corrected chi connectivity index (χ4v) is 6.95. The van der Waals surface area contributed by atoms with Gasteiger partial charge >= 0.3 is 0 Å². The second-order valence-corrected chi connectivity index (χ2v) is 11.2. The molecule has 1 amide bonds. The lowest BCUT2D eigenvalue weighted by atomic mass is 9.84. The van der Waals surface area contributed by atoms with Crippen LogP contribution in [-0.2, 0) is 15.1 Å². The number of hydrogen-bond donors (Lipinski definition) is 1. The predicted molar refractivity (Wildman–Crippen MR) is 133 cm³/mol. The Morgan fingerprint density at radius 3 is 2.97 bits per heavy atom. The van der Waals surface area contributed by atoms with Gasteiger partial charge in [-0.2, -0.15) is 0 Å². The summed E-state index contributed by atoms with van der Waals surface area (Å²) in [6, 6.07) is 7.35. The molecule has 36 heavy (non-hydrogen) atoms. The normalized spacial score (nSPS) is 32.6. The number of benzene rings is 1. The van der Waals surface area contributed by atoms with E-state index in [9.17, 15) is 9.18 Å². The van der Waals surface area contributed by atoms with Crippen molar-refractivity contribution in [2.24, 2.45) is 16.6 Å². The van der Waals surface area contributed by atoms with E-state index in [2.05, 4.69) is 14.8 Å². The van der Waals surface area contributed by atoms with Gasteiger partial charge in [-0.05, 0) is 49.6 Å². The second kappa shape index (κ2) is 8.11. The summed E-state index contributed by atoms with van der Waals surface area (Å²) in [5.74, 6) is -1.32. The molecule has 0 unspecified atom stereocenters. The Hall–Kier alpha value is -3.29. The summed E-state index contributed by atoms with van der Waals surface area (Å²) < 4.78 is 35.0. The number of nitrogens with zero attached hydrogens (tertiary/aromatic N) is 4. The number of halogens is 2. The number of amides is 1. The third-order valence-corrected chi connectivity index (χ3v) is 8.85. The number of hydrogen-bond acceptors (Lipinski definition) is 6. The predicted octanol–water partition coefficient (Wildman–Crippen LogP) is 4.27. The van der Waals surface area contributed by atoms with Gasteiger partial charge in [0.1, 0.15) is 16.4 Å². The molecule has 1 aromatic heterocycles. The maximum Gasteiger partial charge on any atom is 0.240 e. The lowest BCUT2D eigenvalue weighted by Crippen LogP contribution is -2.50. The first-order chi connectivity index (χ1) is 17.2. The molecule has 2 saturated carbocycles. The first-order valence-electron chi connectivity index (χ1n) is 11.7. The lowest BCUT2D eigenvalue weighted by molar-refractivity contribution is -0.136. The molecule has 0 bridgehead atoms. The van der Waals surface area contributed by atoms with Crippen LogP contribution in [0.2, 0.25) is 0 Å². The van der Waals surface area contributed by atoms with Crippen LogP contribution in [0.4, 0.5) is 14.5 Å². The van der Waals surface area contributed by atoms with Gasteiger partial charge in [-0.3, -0.25) is 14.8 Å². The topological polar surface area (TPSA) is 85.2 Å². The fraction of sp³-hybridized carbons (Fsp3) is 0.385. The highest BCUT2D eigenvalue weighted by Gasteiger charge is 2.72. The Balaban J connectivity index is 1.32. The largest absolute Gasteiger partial charge is 0.378 e. The van der Waals surface area contributed by atoms with Crippen molar-refractivity contribution in [1.82, 2.24) is 9.88 Å². The van der Waals surface area contributed by atoms with E-state index < -0.39 is 21.9 Å². The number of rotatable bonds is 4. The molecule has 2 aliphatic carbocycles. The van der Waals surface area contributed by atoms with Crippen molar-refractivity contribution in [1.29, 1.82) is 0 Å². The molecular weight excluding hydrogens is 484 g/mol. The van der Waals surface area contributed by atoms with Crippen molar-refractivity contribution in [3.8, 4) is 0 Å². The zero-order chi connectivity index (χ0) is 25.2. The van der Waals surface area contributed by atoms with E-state index in [4.69, 9.17) is 17.0 Å². The Bertz CT molecular complexity index is 1370. The summed E-state index contributed by atoms with van der Waals surface area (Å²) in [7, 11) is 0. The number of thioether (sulfide) groups is 1. The van der Waals surface area contributed by atoms with Crippen LogP contribution in [0.25, 0.3) is 16.7 Å². The maximum absolute atomic E-state index is 15.2. The van der Waals surface area contributed by atoms with Gasteiger partial charge in [0.05, 0.1) is 36.6 Å². The number of aliphatic imine (C=N–C) groups is 1. The number of nitrogens with two attached hydrogens (primary N) is 1. The number of ether oxygens (including phenoxy) is 1. The number of amidine groups is 1. The van der Waals surface area contributed by atoms with Crippen LogP contribution in [0.1, 0.15) is 36.6 Å². The van der Waals surface area contributed by atoms with Crippen molar-refractivity contribution < 1.29 is 18.3 Å². The van der Waals surface area contributed by atoms with Crippen molar-refractivity contribution >= 4 is 40.4 Å². The summed E-state index contributed by atoms with van der Waals surface area (Å²) in [5, 5.41) is 0.246. The van der Waals surface area contributed by atoms with Crippen molar-refractivity contribution in [3.63, 3.8) is 0 Å². The van der Waals surface area contributed by atoms with E-state index in [0.29, 0.717) is 30.8 Å². The smallest absolute Gasteiger partial charge is 0.240 e. The van der Waals surface area contributed by atoms with Crippen molar-refractivity contribution in [3.05, 3.63) is 70.6 Å². The molecule has 0 spiro atoms. The van der Waals surface area contributed by atoms with Crippen molar-refractivity contribution in [2.75, 3.05) is 13.2 Å². The molecule has 3 fully saturated rings. The summed E-state index contributed by atoms with van der Waals surface area (Å²) in [4.78, 5) is 27.4. The first kappa shape index (κ1) is 23.1. The molecular formula is C26H23F2N5O2S. The summed E-state index contributed by atoms with van der Waals surface area (Å²) >= 11 is 1.28. The highest BCUT2D eigenvalue weighted by Crippen LogP contribution is 2.67. The van der Waals surface area contributed by atoms with E-state index in [0.717, 1.165) is 6.42 Å². The highest BCUT2D eigenvalue weighted by atomic mass is 32.2. The van der Waals surface area contributed by atoms with Gasteiger partial charge in [-0.25, -0.2) is 13.6 Å². The van der Waals surface area contributed by atoms with E-state index in [-0.39, 0.29) is 40.4 Å². The van der Waals surface area contributed by atoms with Gasteiger partial charge in [-0.1, -0.05) is 23.9 Å². The first-order valence-corrected chi connectivity index (χ1v) is 12.5.